The number of carbonyl (C=O) groups excluding carboxylic acids is 1. The molecule has 0 bridgehead atoms. The van der Waals surface area contributed by atoms with Gasteiger partial charge < -0.3 is 9.72 Å². The molecule has 0 saturated carbocycles. The van der Waals surface area contributed by atoms with Crippen LogP contribution in [0, 0.1) is 0 Å². The van der Waals surface area contributed by atoms with Gasteiger partial charge in [-0.05, 0) is 30.3 Å². The van der Waals surface area contributed by atoms with Crippen LogP contribution in [0.1, 0.15) is 10.4 Å². The number of fused-ring (bicyclic) bond motifs is 1. The zero-order valence-electron chi connectivity index (χ0n) is 16.2. The fraction of sp³-hybridized carbons (Fsp3) is 0. The van der Waals surface area contributed by atoms with Crippen molar-refractivity contribution in [2.24, 2.45) is 0 Å². The lowest BCUT2D eigenvalue weighted by Gasteiger charge is -2.12. The van der Waals surface area contributed by atoms with E-state index in [0.717, 1.165) is 33.7 Å². The molecule has 0 radical (unpaired) electrons. The van der Waals surface area contributed by atoms with Gasteiger partial charge in [-0.2, -0.15) is 0 Å². The molecule has 4 nitrogen and oxygen atoms in total. The largest absolute Gasteiger partial charge is 0.321 e. The lowest BCUT2D eigenvalue weighted by molar-refractivity contribution is 0.102. The Labute approximate surface area is 174 Å². The van der Waals surface area contributed by atoms with Crippen LogP contribution in [0.25, 0.3) is 28.0 Å². The number of pyridine rings is 1. The van der Waals surface area contributed by atoms with E-state index in [2.05, 4.69) is 17.4 Å². The van der Waals surface area contributed by atoms with Gasteiger partial charge in [0.25, 0.3) is 5.91 Å². The van der Waals surface area contributed by atoms with Gasteiger partial charge in [-0.3, -0.25) is 4.79 Å². The Hall–Kier alpha value is -4.18. The molecule has 3 aromatic carbocycles. The van der Waals surface area contributed by atoms with Crippen molar-refractivity contribution in [3.8, 4) is 22.4 Å². The number of anilines is 1. The quantitative estimate of drug-likeness (QED) is 0.415. The summed E-state index contributed by atoms with van der Waals surface area (Å²) in [5.74, 6) is -0.136. The third-order valence-electron chi connectivity index (χ3n) is 5.05. The molecule has 5 aromatic rings. The highest BCUT2D eigenvalue weighted by Gasteiger charge is 2.14. The van der Waals surface area contributed by atoms with Crippen LogP contribution < -0.4 is 5.32 Å². The molecule has 0 aliphatic carbocycles. The molecule has 0 aliphatic heterocycles. The van der Waals surface area contributed by atoms with E-state index < -0.39 is 0 Å². The van der Waals surface area contributed by atoms with Gasteiger partial charge >= 0.3 is 0 Å². The molecule has 0 unspecified atom stereocenters. The van der Waals surface area contributed by atoms with Crippen molar-refractivity contribution >= 4 is 17.2 Å². The van der Waals surface area contributed by atoms with Gasteiger partial charge in [-0.15, -0.1) is 0 Å². The van der Waals surface area contributed by atoms with E-state index in [9.17, 15) is 4.79 Å². The first-order chi connectivity index (χ1) is 14.8. The van der Waals surface area contributed by atoms with Gasteiger partial charge in [0, 0.05) is 40.3 Å². The molecule has 1 N–H and O–H groups in total. The highest BCUT2D eigenvalue weighted by atomic mass is 16.1. The molecule has 0 atom stereocenters. The number of imidazole rings is 1. The van der Waals surface area contributed by atoms with Crippen LogP contribution in [0.4, 0.5) is 5.69 Å². The molecule has 5 rings (SSSR count). The molecular formula is C26H19N3O. The zero-order chi connectivity index (χ0) is 20.3. The summed E-state index contributed by atoms with van der Waals surface area (Å²) in [4.78, 5) is 17.6. The van der Waals surface area contributed by atoms with E-state index in [4.69, 9.17) is 4.98 Å². The standard InChI is InChI=1S/C26H19N3O/c30-26(20-12-5-2-6-13-20)28-23-16-8-7-14-21(23)22-15-9-17-29-18-24(27-25(22)29)19-10-3-1-4-11-19/h1-18H,(H,28,30). The van der Waals surface area contributed by atoms with E-state index in [1.807, 2.05) is 89.6 Å². The first-order valence-corrected chi connectivity index (χ1v) is 9.78. The molecule has 4 heteroatoms. The van der Waals surface area contributed by atoms with Gasteiger partial charge in [-0.1, -0.05) is 66.7 Å². The van der Waals surface area contributed by atoms with Gasteiger partial charge in [0.15, 0.2) is 0 Å². The Balaban J connectivity index is 1.58. The summed E-state index contributed by atoms with van der Waals surface area (Å²) in [5, 5.41) is 3.05. The summed E-state index contributed by atoms with van der Waals surface area (Å²) in [6.45, 7) is 0. The van der Waals surface area contributed by atoms with Crippen molar-refractivity contribution in [2.45, 2.75) is 0 Å². The number of nitrogens with zero attached hydrogens (tertiary/aromatic N) is 2. The second-order valence-electron chi connectivity index (χ2n) is 7.01. The Bertz CT molecular complexity index is 1320. The monoisotopic (exact) mass is 389 g/mol. The van der Waals surface area contributed by atoms with Gasteiger partial charge in [0.1, 0.15) is 5.65 Å². The number of hydrogen-bond acceptors (Lipinski definition) is 2. The molecule has 0 aliphatic rings. The molecule has 2 heterocycles. The summed E-state index contributed by atoms with van der Waals surface area (Å²) >= 11 is 0. The van der Waals surface area contributed by atoms with Gasteiger partial charge in [-0.25, -0.2) is 4.98 Å². The Morgan fingerprint density at radius 2 is 1.40 bits per heavy atom. The summed E-state index contributed by atoms with van der Waals surface area (Å²) in [7, 11) is 0. The minimum absolute atomic E-state index is 0.136. The molecule has 1 amide bonds. The molecule has 2 aromatic heterocycles. The van der Waals surface area contributed by atoms with Crippen molar-refractivity contribution in [3.05, 3.63) is 115 Å². The maximum absolute atomic E-state index is 12.7. The number of amides is 1. The molecular weight excluding hydrogens is 370 g/mol. The van der Waals surface area contributed by atoms with E-state index in [1.54, 1.807) is 12.1 Å². The maximum Gasteiger partial charge on any atom is 0.255 e. The number of aromatic nitrogens is 2. The smallest absolute Gasteiger partial charge is 0.255 e. The van der Waals surface area contributed by atoms with Crippen molar-refractivity contribution < 1.29 is 4.79 Å². The molecule has 0 fully saturated rings. The lowest BCUT2D eigenvalue weighted by Crippen LogP contribution is -2.12. The van der Waals surface area contributed by atoms with Crippen molar-refractivity contribution in [1.82, 2.24) is 9.38 Å². The van der Waals surface area contributed by atoms with Crippen LogP contribution in [0.15, 0.2) is 109 Å². The van der Waals surface area contributed by atoms with Crippen molar-refractivity contribution in [1.29, 1.82) is 0 Å². The molecule has 0 spiro atoms. The number of benzene rings is 3. The van der Waals surface area contributed by atoms with E-state index in [1.165, 1.54) is 0 Å². The Morgan fingerprint density at radius 1 is 0.733 bits per heavy atom. The predicted molar refractivity (Wildman–Crippen MR) is 120 cm³/mol. The van der Waals surface area contributed by atoms with Crippen LogP contribution in [0.5, 0.6) is 0 Å². The van der Waals surface area contributed by atoms with Crippen LogP contribution in [-0.2, 0) is 0 Å². The van der Waals surface area contributed by atoms with Crippen molar-refractivity contribution in [3.63, 3.8) is 0 Å². The summed E-state index contributed by atoms with van der Waals surface area (Å²) in [6.07, 6.45) is 4.02. The minimum Gasteiger partial charge on any atom is -0.321 e. The molecule has 0 saturated heterocycles. The number of nitrogens with one attached hydrogen (secondary N) is 1. The molecule has 144 valence electrons. The third kappa shape index (κ3) is 3.35. The van der Waals surface area contributed by atoms with Crippen LogP contribution in [-0.4, -0.2) is 15.3 Å². The summed E-state index contributed by atoms with van der Waals surface area (Å²) < 4.78 is 2.02. The first kappa shape index (κ1) is 17.9. The predicted octanol–water partition coefficient (Wildman–Crippen LogP) is 5.92. The average Bonchev–Trinajstić information content (AvgIpc) is 3.25. The zero-order valence-corrected chi connectivity index (χ0v) is 16.2. The second kappa shape index (κ2) is 7.68. The SMILES string of the molecule is O=C(Nc1ccccc1-c1cccn2cc(-c3ccccc3)nc12)c1ccccc1. The number of para-hydroxylation sites is 1. The second-order valence-corrected chi connectivity index (χ2v) is 7.01. The lowest BCUT2D eigenvalue weighted by atomic mass is 10.0. The van der Waals surface area contributed by atoms with E-state index in [-0.39, 0.29) is 5.91 Å². The van der Waals surface area contributed by atoms with Crippen LogP contribution in [0.3, 0.4) is 0 Å². The number of rotatable bonds is 4. The summed E-state index contributed by atoms with van der Waals surface area (Å²) in [5.41, 5.74) is 6.09. The van der Waals surface area contributed by atoms with Gasteiger partial charge in [0.2, 0.25) is 0 Å². The number of carbonyl (C=O) groups is 1. The van der Waals surface area contributed by atoms with Gasteiger partial charge in [0.05, 0.1) is 5.69 Å². The molecule has 30 heavy (non-hydrogen) atoms. The Kier molecular flexibility index (Phi) is 4.58. The number of hydrogen-bond donors (Lipinski definition) is 1. The van der Waals surface area contributed by atoms with Crippen LogP contribution in [0.2, 0.25) is 0 Å². The normalized spacial score (nSPS) is 10.8. The minimum atomic E-state index is -0.136. The van der Waals surface area contributed by atoms with E-state index >= 15 is 0 Å². The average molecular weight is 389 g/mol. The fourth-order valence-corrected chi connectivity index (χ4v) is 3.58. The van der Waals surface area contributed by atoms with Crippen molar-refractivity contribution in [2.75, 3.05) is 5.32 Å². The van der Waals surface area contributed by atoms with Crippen LogP contribution >= 0.6 is 0 Å². The maximum atomic E-state index is 12.7. The topological polar surface area (TPSA) is 46.4 Å². The fourth-order valence-electron chi connectivity index (χ4n) is 3.58. The van der Waals surface area contributed by atoms with E-state index in [0.29, 0.717) is 5.56 Å². The highest BCUT2D eigenvalue weighted by Crippen LogP contribution is 2.32. The summed E-state index contributed by atoms with van der Waals surface area (Å²) in [6, 6.07) is 31.2. The third-order valence-corrected chi connectivity index (χ3v) is 5.05. The Morgan fingerprint density at radius 3 is 2.20 bits per heavy atom. The first-order valence-electron chi connectivity index (χ1n) is 9.78. The highest BCUT2D eigenvalue weighted by molar-refractivity contribution is 6.06.